The summed E-state index contributed by atoms with van der Waals surface area (Å²) in [6.07, 6.45) is 9.35. The average Bonchev–Trinajstić information content (AvgIpc) is 3.48. The van der Waals surface area contributed by atoms with E-state index in [4.69, 9.17) is 10.7 Å². The van der Waals surface area contributed by atoms with Crippen LogP contribution < -0.4 is 5.73 Å². The smallest absolute Gasteiger partial charge is 0.146 e. The summed E-state index contributed by atoms with van der Waals surface area (Å²) < 4.78 is 2.11. The third kappa shape index (κ3) is 3.05. The molecular weight excluding hydrogens is 382 g/mol. The quantitative estimate of drug-likeness (QED) is 0.421. The molecule has 6 rings (SSSR count). The number of pyridine rings is 1. The highest BCUT2D eigenvalue weighted by Gasteiger charge is 2.34. The highest BCUT2D eigenvalue weighted by atomic mass is 15.1. The lowest BCUT2D eigenvalue weighted by atomic mass is 9.73. The Hall–Kier alpha value is -3.70. The molecule has 31 heavy (non-hydrogen) atoms. The van der Waals surface area contributed by atoms with Crippen LogP contribution in [0.5, 0.6) is 0 Å². The van der Waals surface area contributed by atoms with Gasteiger partial charge in [-0.15, -0.1) is 0 Å². The first-order chi connectivity index (χ1) is 15.2. The van der Waals surface area contributed by atoms with Gasteiger partial charge in [-0.3, -0.25) is 5.10 Å². The van der Waals surface area contributed by atoms with Gasteiger partial charge in [-0.25, -0.2) is 4.98 Å². The summed E-state index contributed by atoms with van der Waals surface area (Å²) in [5.41, 5.74) is 14.8. The number of nitrogens with zero attached hydrogens (tertiary/aromatic N) is 3. The zero-order chi connectivity index (χ0) is 20.8. The van der Waals surface area contributed by atoms with Gasteiger partial charge in [0.2, 0.25) is 0 Å². The van der Waals surface area contributed by atoms with Crippen molar-refractivity contribution < 1.29 is 0 Å². The van der Waals surface area contributed by atoms with E-state index in [2.05, 4.69) is 81.6 Å². The Morgan fingerprint density at radius 3 is 2.35 bits per heavy atom. The van der Waals surface area contributed by atoms with Crippen molar-refractivity contribution in [3.8, 4) is 33.6 Å². The lowest BCUT2D eigenvalue weighted by Gasteiger charge is -2.38. The van der Waals surface area contributed by atoms with Gasteiger partial charge in [-0.05, 0) is 48.1 Å². The minimum atomic E-state index is -0.143. The number of H-pyrrole nitrogens is 1. The zero-order valence-electron chi connectivity index (χ0n) is 17.1. The molecule has 5 heteroatoms. The molecule has 1 saturated carbocycles. The first-order valence-electron chi connectivity index (χ1n) is 10.7. The number of nitrogens with two attached hydrogens (primary N) is 1. The van der Waals surface area contributed by atoms with Crippen LogP contribution in [0.15, 0.2) is 85.3 Å². The number of fused-ring (bicyclic) bond motifs is 1. The summed E-state index contributed by atoms with van der Waals surface area (Å²) >= 11 is 0. The van der Waals surface area contributed by atoms with Crippen molar-refractivity contribution in [2.24, 2.45) is 5.73 Å². The monoisotopic (exact) mass is 405 g/mol. The second-order valence-electron chi connectivity index (χ2n) is 8.42. The summed E-state index contributed by atoms with van der Waals surface area (Å²) in [4.78, 5) is 4.98. The second kappa shape index (κ2) is 6.93. The maximum Gasteiger partial charge on any atom is 0.146 e. The van der Waals surface area contributed by atoms with E-state index < -0.39 is 0 Å². The maximum atomic E-state index is 6.49. The fraction of sp³-hybridized carbons (Fsp3) is 0.154. The van der Waals surface area contributed by atoms with Crippen LogP contribution in [-0.2, 0) is 5.54 Å². The number of aromatic amines is 1. The molecule has 0 spiro atoms. The topological polar surface area (TPSA) is 72.0 Å². The SMILES string of the molecule is NC1(c2ccc(-c3cn4cc(-c5ccccc5)cc(-c5ccn[nH]5)c4n3)cc2)CCC1. The number of imidazole rings is 1. The van der Waals surface area contributed by atoms with E-state index in [9.17, 15) is 0 Å². The van der Waals surface area contributed by atoms with Gasteiger partial charge in [0.05, 0.1) is 11.4 Å². The van der Waals surface area contributed by atoms with Gasteiger partial charge in [0.15, 0.2) is 0 Å². The van der Waals surface area contributed by atoms with E-state index in [0.29, 0.717) is 0 Å². The molecule has 3 heterocycles. The molecular formula is C26H23N5. The number of nitrogens with one attached hydrogen (secondary N) is 1. The molecule has 3 N–H and O–H groups in total. The molecule has 0 aliphatic heterocycles. The van der Waals surface area contributed by atoms with E-state index in [0.717, 1.165) is 46.6 Å². The lowest BCUT2D eigenvalue weighted by Crippen LogP contribution is -2.43. The third-order valence-corrected chi connectivity index (χ3v) is 6.45. The highest BCUT2D eigenvalue weighted by Crippen LogP contribution is 2.39. The Balaban J connectivity index is 1.48. The van der Waals surface area contributed by atoms with Crippen molar-refractivity contribution in [1.29, 1.82) is 0 Å². The zero-order valence-corrected chi connectivity index (χ0v) is 17.1. The molecule has 5 aromatic rings. The van der Waals surface area contributed by atoms with E-state index in [1.165, 1.54) is 17.5 Å². The van der Waals surface area contributed by atoms with Crippen LogP contribution in [-0.4, -0.2) is 19.6 Å². The number of aromatic nitrogens is 4. The van der Waals surface area contributed by atoms with Gasteiger partial charge < -0.3 is 10.1 Å². The van der Waals surface area contributed by atoms with Gasteiger partial charge in [0.25, 0.3) is 0 Å². The van der Waals surface area contributed by atoms with E-state index in [1.807, 2.05) is 12.1 Å². The van der Waals surface area contributed by atoms with Crippen molar-refractivity contribution in [3.05, 3.63) is 90.9 Å². The maximum absolute atomic E-state index is 6.49. The summed E-state index contributed by atoms with van der Waals surface area (Å²) in [5, 5.41) is 7.24. The second-order valence-corrected chi connectivity index (χ2v) is 8.42. The van der Waals surface area contributed by atoms with Gasteiger partial charge >= 0.3 is 0 Å². The summed E-state index contributed by atoms with van der Waals surface area (Å²) in [5.74, 6) is 0. The summed E-state index contributed by atoms with van der Waals surface area (Å²) in [6, 6.07) is 23.1. The number of benzene rings is 2. The summed E-state index contributed by atoms with van der Waals surface area (Å²) in [7, 11) is 0. The Morgan fingerprint density at radius 1 is 0.871 bits per heavy atom. The molecule has 0 amide bonds. The third-order valence-electron chi connectivity index (χ3n) is 6.45. The van der Waals surface area contributed by atoms with Crippen LogP contribution in [0.1, 0.15) is 24.8 Å². The van der Waals surface area contributed by atoms with Crippen LogP contribution in [0.25, 0.3) is 39.3 Å². The summed E-state index contributed by atoms with van der Waals surface area (Å²) in [6.45, 7) is 0. The molecule has 1 aliphatic carbocycles. The fourth-order valence-corrected chi connectivity index (χ4v) is 4.45. The number of hydrogen-bond donors (Lipinski definition) is 2. The molecule has 0 atom stereocenters. The first kappa shape index (κ1) is 18.1. The minimum absolute atomic E-state index is 0.143. The lowest BCUT2D eigenvalue weighted by molar-refractivity contribution is 0.253. The Kier molecular flexibility index (Phi) is 4.04. The van der Waals surface area contributed by atoms with E-state index >= 15 is 0 Å². The Morgan fingerprint density at radius 2 is 1.68 bits per heavy atom. The Bertz CT molecular complexity index is 1340. The molecule has 0 unspecified atom stereocenters. The normalized spacial score (nSPS) is 15.1. The average molecular weight is 406 g/mol. The van der Waals surface area contributed by atoms with Crippen LogP contribution in [0.2, 0.25) is 0 Å². The largest absolute Gasteiger partial charge is 0.321 e. The van der Waals surface area contributed by atoms with Crippen molar-refractivity contribution in [1.82, 2.24) is 19.6 Å². The van der Waals surface area contributed by atoms with Crippen molar-refractivity contribution in [3.63, 3.8) is 0 Å². The standard InChI is InChI=1S/C26H23N5/c27-26(12-4-13-26)21-9-7-19(8-10-21)24-17-31-16-20(18-5-2-1-3-6-18)15-22(25(31)29-24)23-11-14-28-30-23/h1-3,5-11,14-17H,4,12-13,27H2,(H,28,30). The fourth-order valence-electron chi connectivity index (χ4n) is 4.45. The van der Waals surface area contributed by atoms with Crippen molar-refractivity contribution in [2.75, 3.05) is 0 Å². The van der Waals surface area contributed by atoms with Crippen molar-refractivity contribution >= 4 is 5.65 Å². The molecule has 1 aliphatic rings. The van der Waals surface area contributed by atoms with Gasteiger partial charge in [-0.1, -0.05) is 54.6 Å². The minimum Gasteiger partial charge on any atom is -0.321 e. The predicted molar refractivity (Wildman–Crippen MR) is 123 cm³/mol. The molecule has 2 aromatic carbocycles. The van der Waals surface area contributed by atoms with Crippen molar-refractivity contribution in [2.45, 2.75) is 24.8 Å². The molecule has 3 aromatic heterocycles. The predicted octanol–water partition coefficient (Wildman–Crippen LogP) is 5.40. The Labute approximate surface area is 180 Å². The van der Waals surface area contributed by atoms with Crippen LogP contribution >= 0.6 is 0 Å². The molecule has 0 radical (unpaired) electrons. The van der Waals surface area contributed by atoms with Gasteiger partial charge in [-0.2, -0.15) is 5.10 Å². The first-order valence-corrected chi connectivity index (χ1v) is 10.7. The molecule has 1 fully saturated rings. The van der Waals surface area contributed by atoms with Crippen LogP contribution in [0.3, 0.4) is 0 Å². The number of hydrogen-bond acceptors (Lipinski definition) is 3. The van der Waals surface area contributed by atoms with Gasteiger partial charge in [0, 0.05) is 35.3 Å². The molecule has 0 saturated heterocycles. The van der Waals surface area contributed by atoms with Crippen LogP contribution in [0, 0.1) is 0 Å². The van der Waals surface area contributed by atoms with E-state index in [-0.39, 0.29) is 5.54 Å². The number of rotatable bonds is 4. The highest BCUT2D eigenvalue weighted by molar-refractivity contribution is 5.82. The molecule has 5 nitrogen and oxygen atoms in total. The van der Waals surface area contributed by atoms with Crippen LogP contribution in [0.4, 0.5) is 0 Å². The molecule has 0 bridgehead atoms. The van der Waals surface area contributed by atoms with E-state index in [1.54, 1.807) is 6.20 Å². The van der Waals surface area contributed by atoms with Gasteiger partial charge in [0.1, 0.15) is 5.65 Å². The molecule has 152 valence electrons.